The van der Waals surface area contributed by atoms with Gasteiger partial charge in [0, 0.05) is 6.54 Å². The maximum atomic E-state index is 11.2. The molecule has 12 heavy (non-hydrogen) atoms. The molecule has 0 saturated heterocycles. The fraction of sp³-hybridized carbons (Fsp3) is 0.875. The minimum atomic E-state index is -0.400. The largest absolute Gasteiger partial charge is 0.355 e. The van der Waals surface area contributed by atoms with Crippen molar-refractivity contribution in [1.29, 1.82) is 0 Å². The van der Waals surface area contributed by atoms with Crippen LogP contribution in [-0.4, -0.2) is 25.0 Å². The number of carbonyl (C=O) groups excluding carboxylic acids is 1. The monoisotopic (exact) mass is 173 g/mol. The second-order valence-electron chi connectivity index (χ2n) is 3.20. The van der Waals surface area contributed by atoms with Crippen LogP contribution >= 0.6 is 0 Å². The highest BCUT2D eigenvalue weighted by Gasteiger charge is 2.15. The molecule has 0 spiro atoms. The van der Waals surface area contributed by atoms with Gasteiger partial charge in [-0.1, -0.05) is 13.8 Å². The van der Waals surface area contributed by atoms with E-state index >= 15 is 0 Å². The first-order valence-corrected chi connectivity index (χ1v) is 4.33. The summed E-state index contributed by atoms with van der Waals surface area (Å²) in [7, 11) is 0. The lowest BCUT2D eigenvalue weighted by molar-refractivity contribution is -0.123. The van der Waals surface area contributed by atoms with E-state index in [1.54, 1.807) is 0 Å². The Balaban J connectivity index is 3.57. The summed E-state index contributed by atoms with van der Waals surface area (Å²) in [6.45, 7) is 5.06. The van der Waals surface area contributed by atoms with Crippen molar-refractivity contribution in [3.63, 3.8) is 0 Å². The van der Waals surface area contributed by atoms with Crippen LogP contribution in [0.1, 0.15) is 20.3 Å². The quantitative estimate of drug-likeness (QED) is 0.487. The van der Waals surface area contributed by atoms with Crippen molar-refractivity contribution in [3.05, 3.63) is 0 Å². The van der Waals surface area contributed by atoms with Crippen LogP contribution in [0.4, 0.5) is 0 Å². The first kappa shape index (κ1) is 11.4. The smallest absolute Gasteiger partial charge is 0.237 e. The summed E-state index contributed by atoms with van der Waals surface area (Å²) in [5.41, 5.74) is 10.9. The van der Waals surface area contributed by atoms with Gasteiger partial charge in [0.25, 0.3) is 0 Å². The highest BCUT2D eigenvalue weighted by molar-refractivity contribution is 5.81. The molecule has 1 amide bonds. The second-order valence-corrected chi connectivity index (χ2v) is 3.20. The molecule has 0 bridgehead atoms. The number of hydrogen-bond donors (Lipinski definition) is 3. The number of amides is 1. The second kappa shape index (κ2) is 5.97. The summed E-state index contributed by atoms with van der Waals surface area (Å²) in [5.74, 6) is 0.0985. The van der Waals surface area contributed by atoms with Gasteiger partial charge in [-0.25, -0.2) is 0 Å². The van der Waals surface area contributed by atoms with Crippen molar-refractivity contribution in [3.8, 4) is 0 Å². The van der Waals surface area contributed by atoms with E-state index in [-0.39, 0.29) is 11.8 Å². The van der Waals surface area contributed by atoms with Gasteiger partial charge in [-0.05, 0) is 18.9 Å². The Morgan fingerprint density at radius 1 is 1.50 bits per heavy atom. The van der Waals surface area contributed by atoms with E-state index in [1.807, 2.05) is 13.8 Å². The van der Waals surface area contributed by atoms with Crippen LogP contribution < -0.4 is 16.8 Å². The highest BCUT2D eigenvalue weighted by Crippen LogP contribution is 1.97. The van der Waals surface area contributed by atoms with Crippen LogP contribution in [0.3, 0.4) is 0 Å². The molecule has 0 aromatic rings. The summed E-state index contributed by atoms with van der Waals surface area (Å²) < 4.78 is 0. The Hall–Kier alpha value is -0.610. The molecular formula is C8H19N3O. The first-order chi connectivity index (χ1) is 5.59. The zero-order chi connectivity index (χ0) is 9.56. The van der Waals surface area contributed by atoms with Crippen molar-refractivity contribution >= 4 is 5.91 Å². The van der Waals surface area contributed by atoms with Crippen LogP contribution in [0.15, 0.2) is 0 Å². The first-order valence-electron chi connectivity index (χ1n) is 4.33. The van der Waals surface area contributed by atoms with E-state index in [0.717, 1.165) is 6.42 Å². The Kier molecular flexibility index (Phi) is 5.66. The van der Waals surface area contributed by atoms with E-state index in [9.17, 15) is 4.79 Å². The maximum absolute atomic E-state index is 11.2. The minimum Gasteiger partial charge on any atom is -0.355 e. The van der Waals surface area contributed by atoms with Crippen LogP contribution in [0, 0.1) is 5.92 Å². The molecule has 0 radical (unpaired) electrons. The molecule has 0 heterocycles. The summed E-state index contributed by atoms with van der Waals surface area (Å²) in [4.78, 5) is 11.2. The number of hydrogen-bond acceptors (Lipinski definition) is 3. The van der Waals surface area contributed by atoms with Crippen molar-refractivity contribution in [2.75, 3.05) is 13.1 Å². The Morgan fingerprint density at radius 2 is 2.08 bits per heavy atom. The lowest BCUT2D eigenvalue weighted by atomic mass is 10.1. The van der Waals surface area contributed by atoms with E-state index in [0.29, 0.717) is 13.1 Å². The minimum absolute atomic E-state index is 0.0848. The molecule has 0 unspecified atom stereocenters. The normalized spacial score (nSPS) is 13.1. The van der Waals surface area contributed by atoms with E-state index < -0.39 is 6.04 Å². The molecule has 5 N–H and O–H groups in total. The standard InChI is InChI=1S/C8H19N3O/c1-6(2)7(10)8(12)11-5-3-4-9/h6-7H,3-5,9-10H2,1-2H3,(H,11,12)/t7-/m1/s1. The molecule has 0 aromatic carbocycles. The summed E-state index contributed by atoms with van der Waals surface area (Å²) in [6, 6.07) is -0.400. The van der Waals surface area contributed by atoms with Crippen molar-refractivity contribution in [2.24, 2.45) is 17.4 Å². The number of rotatable bonds is 5. The molecule has 0 saturated carbocycles. The van der Waals surface area contributed by atoms with Crippen molar-refractivity contribution < 1.29 is 4.79 Å². The molecule has 0 fully saturated rings. The van der Waals surface area contributed by atoms with Crippen LogP contribution in [0.25, 0.3) is 0 Å². The predicted octanol–water partition coefficient (Wildman–Crippen LogP) is -0.565. The molecule has 0 aliphatic heterocycles. The van der Waals surface area contributed by atoms with Gasteiger partial charge in [0.2, 0.25) is 5.91 Å². The molecule has 0 aliphatic carbocycles. The van der Waals surface area contributed by atoms with Crippen LogP contribution in [-0.2, 0) is 4.79 Å². The lowest BCUT2D eigenvalue weighted by Crippen LogP contribution is -2.44. The summed E-state index contributed by atoms with van der Waals surface area (Å²) >= 11 is 0. The molecule has 4 nitrogen and oxygen atoms in total. The van der Waals surface area contributed by atoms with E-state index in [4.69, 9.17) is 11.5 Å². The topological polar surface area (TPSA) is 81.1 Å². The average Bonchev–Trinajstić information content (AvgIpc) is 2.03. The van der Waals surface area contributed by atoms with Gasteiger partial charge < -0.3 is 16.8 Å². The third-order valence-electron chi connectivity index (χ3n) is 1.70. The molecule has 4 heteroatoms. The van der Waals surface area contributed by atoms with E-state index in [1.165, 1.54) is 0 Å². The summed E-state index contributed by atoms with van der Waals surface area (Å²) in [6.07, 6.45) is 0.802. The number of carbonyl (C=O) groups is 1. The molecule has 0 aromatic heterocycles. The van der Waals surface area contributed by atoms with Gasteiger partial charge in [0.05, 0.1) is 6.04 Å². The van der Waals surface area contributed by atoms with Gasteiger partial charge in [0.15, 0.2) is 0 Å². The van der Waals surface area contributed by atoms with Gasteiger partial charge >= 0.3 is 0 Å². The average molecular weight is 173 g/mol. The van der Waals surface area contributed by atoms with Gasteiger partial charge in [-0.15, -0.1) is 0 Å². The maximum Gasteiger partial charge on any atom is 0.237 e. The fourth-order valence-electron chi connectivity index (χ4n) is 0.734. The molecule has 72 valence electrons. The molecule has 0 rings (SSSR count). The highest BCUT2D eigenvalue weighted by atomic mass is 16.2. The number of nitrogens with two attached hydrogens (primary N) is 2. The van der Waals surface area contributed by atoms with Gasteiger partial charge in [-0.3, -0.25) is 4.79 Å². The Labute approximate surface area is 73.7 Å². The third kappa shape index (κ3) is 4.31. The van der Waals surface area contributed by atoms with E-state index in [2.05, 4.69) is 5.32 Å². The zero-order valence-corrected chi connectivity index (χ0v) is 7.84. The predicted molar refractivity (Wildman–Crippen MR) is 49.5 cm³/mol. The van der Waals surface area contributed by atoms with Gasteiger partial charge in [0.1, 0.15) is 0 Å². The van der Waals surface area contributed by atoms with Gasteiger partial charge in [-0.2, -0.15) is 0 Å². The fourth-order valence-corrected chi connectivity index (χ4v) is 0.734. The zero-order valence-electron chi connectivity index (χ0n) is 7.84. The Morgan fingerprint density at radius 3 is 2.50 bits per heavy atom. The third-order valence-corrected chi connectivity index (χ3v) is 1.70. The molecule has 1 atom stereocenters. The molecule has 0 aliphatic rings. The molecular weight excluding hydrogens is 154 g/mol. The Bertz CT molecular complexity index is 136. The SMILES string of the molecule is CC(C)[C@@H](N)C(=O)NCCCN. The van der Waals surface area contributed by atoms with Crippen LogP contribution in [0.5, 0.6) is 0 Å². The lowest BCUT2D eigenvalue weighted by Gasteiger charge is -2.14. The summed E-state index contributed by atoms with van der Waals surface area (Å²) in [5, 5.41) is 2.72. The van der Waals surface area contributed by atoms with Crippen molar-refractivity contribution in [1.82, 2.24) is 5.32 Å². The number of nitrogens with one attached hydrogen (secondary N) is 1. The van der Waals surface area contributed by atoms with Crippen LogP contribution in [0.2, 0.25) is 0 Å². The van der Waals surface area contributed by atoms with Crippen molar-refractivity contribution in [2.45, 2.75) is 26.3 Å².